The molecule has 4 rings (SSSR count). The van der Waals surface area contributed by atoms with Crippen LogP contribution >= 0.6 is 12.2 Å². The molecule has 0 saturated carbocycles. The van der Waals surface area contributed by atoms with E-state index in [1.807, 2.05) is 6.92 Å². The molecule has 0 spiro atoms. The van der Waals surface area contributed by atoms with Gasteiger partial charge in [0, 0.05) is 19.0 Å². The molecule has 0 bridgehead atoms. The number of hydrogen-bond acceptors (Lipinski definition) is 3. The number of aryl methyl sites for hydroxylation is 1. The standard InChI is InChI=1S/C20H20N2OS/c1-15-18-12-19(17-10-6-3-7-11-17)21(14-22(18)20(24)23-15)13-16-8-4-2-5-9-16/h2-11,19H,12-14H2,1H3/t19-/m0/s1. The van der Waals surface area contributed by atoms with Crippen molar-refractivity contribution in [3.05, 3.63) is 88.1 Å². The van der Waals surface area contributed by atoms with Crippen molar-refractivity contribution in [1.82, 2.24) is 9.47 Å². The lowest BCUT2D eigenvalue weighted by Crippen LogP contribution is -2.37. The van der Waals surface area contributed by atoms with Crippen LogP contribution in [0.3, 0.4) is 0 Å². The number of benzene rings is 2. The van der Waals surface area contributed by atoms with Crippen molar-refractivity contribution < 1.29 is 4.42 Å². The van der Waals surface area contributed by atoms with Crippen LogP contribution in [0.1, 0.15) is 28.6 Å². The molecular weight excluding hydrogens is 316 g/mol. The highest BCUT2D eigenvalue weighted by Gasteiger charge is 2.30. The minimum atomic E-state index is 0.331. The van der Waals surface area contributed by atoms with Crippen molar-refractivity contribution in [1.29, 1.82) is 0 Å². The van der Waals surface area contributed by atoms with Gasteiger partial charge in [0.05, 0.1) is 12.4 Å². The predicted octanol–water partition coefficient (Wildman–Crippen LogP) is 4.88. The van der Waals surface area contributed by atoms with Gasteiger partial charge < -0.3 is 4.42 Å². The van der Waals surface area contributed by atoms with Crippen LogP contribution in [0, 0.1) is 11.8 Å². The van der Waals surface area contributed by atoms with E-state index in [4.69, 9.17) is 16.6 Å². The lowest BCUT2D eigenvalue weighted by molar-refractivity contribution is 0.113. The maximum Gasteiger partial charge on any atom is 0.270 e. The molecule has 0 unspecified atom stereocenters. The maximum absolute atomic E-state index is 5.70. The fourth-order valence-electron chi connectivity index (χ4n) is 3.52. The molecule has 1 aliphatic rings. The zero-order valence-corrected chi connectivity index (χ0v) is 14.5. The second-order valence-corrected chi connectivity index (χ2v) is 6.65. The van der Waals surface area contributed by atoms with E-state index < -0.39 is 0 Å². The predicted molar refractivity (Wildman–Crippen MR) is 97.1 cm³/mol. The van der Waals surface area contributed by atoms with Gasteiger partial charge in [-0.15, -0.1) is 0 Å². The van der Waals surface area contributed by atoms with Crippen LogP contribution in [0.15, 0.2) is 65.1 Å². The Labute approximate surface area is 147 Å². The Bertz CT molecular complexity index is 883. The summed E-state index contributed by atoms with van der Waals surface area (Å²) < 4.78 is 7.83. The van der Waals surface area contributed by atoms with Gasteiger partial charge in [-0.05, 0) is 30.3 Å². The zero-order valence-electron chi connectivity index (χ0n) is 13.7. The molecule has 2 aromatic carbocycles. The molecule has 1 aliphatic heterocycles. The highest BCUT2D eigenvalue weighted by Crippen LogP contribution is 2.33. The van der Waals surface area contributed by atoms with Gasteiger partial charge >= 0.3 is 0 Å². The van der Waals surface area contributed by atoms with Crippen LogP contribution in [0.2, 0.25) is 0 Å². The summed E-state index contributed by atoms with van der Waals surface area (Å²) in [6.07, 6.45) is 0.919. The van der Waals surface area contributed by atoms with E-state index in [-0.39, 0.29) is 0 Å². The Kier molecular flexibility index (Phi) is 4.08. The summed E-state index contributed by atoms with van der Waals surface area (Å²) in [7, 11) is 0. The summed E-state index contributed by atoms with van der Waals surface area (Å²) in [5, 5.41) is 0. The number of fused-ring (bicyclic) bond motifs is 1. The van der Waals surface area contributed by atoms with Crippen molar-refractivity contribution >= 4 is 12.2 Å². The largest absolute Gasteiger partial charge is 0.434 e. The average molecular weight is 336 g/mol. The minimum Gasteiger partial charge on any atom is -0.434 e. The van der Waals surface area contributed by atoms with Gasteiger partial charge in [-0.25, -0.2) is 0 Å². The molecule has 0 N–H and O–H groups in total. The van der Waals surface area contributed by atoms with Crippen LogP contribution in [0.25, 0.3) is 0 Å². The molecule has 3 nitrogen and oxygen atoms in total. The number of hydrogen-bond donors (Lipinski definition) is 0. The highest BCUT2D eigenvalue weighted by atomic mass is 32.1. The Balaban J connectivity index is 1.73. The number of oxazole rings is 1. The quantitative estimate of drug-likeness (QED) is 0.636. The summed E-state index contributed by atoms with van der Waals surface area (Å²) in [5.41, 5.74) is 3.87. The Morgan fingerprint density at radius 1 is 1.04 bits per heavy atom. The van der Waals surface area contributed by atoms with Crippen LogP contribution in [-0.2, 0) is 19.6 Å². The van der Waals surface area contributed by atoms with Crippen LogP contribution in [0.4, 0.5) is 0 Å². The Morgan fingerprint density at radius 2 is 1.71 bits per heavy atom. The van der Waals surface area contributed by atoms with Gasteiger partial charge in [-0.1, -0.05) is 60.7 Å². The first-order valence-corrected chi connectivity index (χ1v) is 8.65. The van der Waals surface area contributed by atoms with E-state index in [0.29, 0.717) is 10.9 Å². The minimum absolute atomic E-state index is 0.331. The van der Waals surface area contributed by atoms with Gasteiger partial charge in [0.1, 0.15) is 5.76 Å². The molecule has 1 aromatic heterocycles. The summed E-state index contributed by atoms with van der Waals surface area (Å²) in [6, 6.07) is 21.6. The lowest BCUT2D eigenvalue weighted by atomic mass is 9.97. The van der Waals surface area contributed by atoms with Crippen LogP contribution < -0.4 is 0 Å². The Hall–Kier alpha value is -2.17. The number of nitrogens with zero attached hydrogens (tertiary/aromatic N) is 2. The third-order valence-electron chi connectivity index (χ3n) is 4.76. The van der Waals surface area contributed by atoms with Gasteiger partial charge in [0.15, 0.2) is 0 Å². The fraction of sp³-hybridized carbons (Fsp3) is 0.250. The molecule has 0 saturated heterocycles. The third kappa shape index (κ3) is 2.83. The molecule has 24 heavy (non-hydrogen) atoms. The second-order valence-electron chi connectivity index (χ2n) is 6.30. The maximum atomic E-state index is 5.70. The topological polar surface area (TPSA) is 21.3 Å². The molecule has 1 atom stereocenters. The Morgan fingerprint density at radius 3 is 2.42 bits per heavy atom. The van der Waals surface area contributed by atoms with Crippen LogP contribution in [-0.4, -0.2) is 9.47 Å². The molecule has 4 heteroatoms. The summed E-state index contributed by atoms with van der Waals surface area (Å²) in [6.45, 7) is 3.67. The van der Waals surface area contributed by atoms with Gasteiger partial charge in [-0.3, -0.25) is 9.47 Å². The van der Waals surface area contributed by atoms with Gasteiger partial charge in [0.2, 0.25) is 0 Å². The monoisotopic (exact) mass is 336 g/mol. The highest BCUT2D eigenvalue weighted by molar-refractivity contribution is 7.71. The molecule has 122 valence electrons. The number of aromatic nitrogens is 1. The fourth-order valence-corrected chi connectivity index (χ4v) is 3.81. The smallest absolute Gasteiger partial charge is 0.270 e. The molecule has 0 aliphatic carbocycles. The lowest BCUT2D eigenvalue weighted by Gasteiger charge is -2.36. The summed E-state index contributed by atoms with van der Waals surface area (Å²) >= 11 is 5.40. The molecule has 0 amide bonds. The first-order valence-electron chi connectivity index (χ1n) is 8.24. The second kappa shape index (κ2) is 6.38. The summed E-state index contributed by atoms with van der Waals surface area (Å²) in [4.78, 5) is 3.05. The van der Waals surface area contributed by atoms with Crippen molar-refractivity contribution in [3.8, 4) is 0 Å². The SMILES string of the molecule is Cc1oc(=S)n2c1C[C@@H](c1ccccc1)N(Cc1ccccc1)C2. The summed E-state index contributed by atoms with van der Waals surface area (Å²) in [5.74, 6) is 0.945. The first kappa shape index (κ1) is 15.4. The molecular formula is C20H20N2OS. The average Bonchev–Trinajstić information content (AvgIpc) is 2.89. The first-order chi connectivity index (χ1) is 11.7. The van der Waals surface area contributed by atoms with Gasteiger partial charge in [-0.2, -0.15) is 0 Å². The van der Waals surface area contributed by atoms with Crippen molar-refractivity contribution in [2.24, 2.45) is 0 Å². The zero-order chi connectivity index (χ0) is 16.5. The molecule has 0 fully saturated rings. The molecule has 2 heterocycles. The van der Waals surface area contributed by atoms with E-state index in [9.17, 15) is 0 Å². The van der Waals surface area contributed by atoms with Crippen LogP contribution in [0.5, 0.6) is 0 Å². The van der Waals surface area contributed by atoms with E-state index >= 15 is 0 Å². The van der Waals surface area contributed by atoms with E-state index in [1.165, 1.54) is 16.8 Å². The normalized spacial score (nSPS) is 17.6. The van der Waals surface area contributed by atoms with E-state index in [2.05, 4.69) is 70.1 Å². The van der Waals surface area contributed by atoms with Crippen molar-refractivity contribution in [2.75, 3.05) is 0 Å². The van der Waals surface area contributed by atoms with Gasteiger partial charge in [0.25, 0.3) is 4.84 Å². The molecule has 3 aromatic rings. The van der Waals surface area contributed by atoms with Crippen molar-refractivity contribution in [2.45, 2.75) is 32.6 Å². The molecule has 0 radical (unpaired) electrons. The number of rotatable bonds is 3. The third-order valence-corrected chi connectivity index (χ3v) is 5.06. The van der Waals surface area contributed by atoms with E-state index in [0.717, 1.165) is 25.4 Å². The van der Waals surface area contributed by atoms with Crippen molar-refractivity contribution in [3.63, 3.8) is 0 Å². The van der Waals surface area contributed by atoms with E-state index in [1.54, 1.807) is 0 Å².